The molecular weight excluding hydrogens is 264 g/mol. The molecule has 1 heterocycles. The fourth-order valence-electron chi connectivity index (χ4n) is 1.63. The van der Waals surface area contributed by atoms with Crippen molar-refractivity contribution in [3.8, 4) is 0 Å². The van der Waals surface area contributed by atoms with Gasteiger partial charge < -0.3 is 10.4 Å². The lowest BCUT2D eigenvalue weighted by Gasteiger charge is -2.13. The highest BCUT2D eigenvalue weighted by Crippen LogP contribution is 2.21. The number of carbonyl (C=O) groups is 1. The monoisotopic (exact) mass is 276 g/mol. The molecule has 0 bridgehead atoms. The van der Waals surface area contributed by atoms with Gasteiger partial charge in [-0.1, -0.05) is 35.9 Å². The van der Waals surface area contributed by atoms with E-state index in [9.17, 15) is 9.90 Å². The van der Waals surface area contributed by atoms with Crippen LogP contribution in [0.4, 0.5) is 0 Å². The summed E-state index contributed by atoms with van der Waals surface area (Å²) >= 11 is 5.97. The molecule has 0 fully saturated rings. The Kier molecular flexibility index (Phi) is 4.49. The number of carbonyl (C=O) groups excluding carboxylic acids is 1. The summed E-state index contributed by atoms with van der Waals surface area (Å²) in [7, 11) is 0. The molecular formula is C14H13ClN2O2. The molecule has 2 N–H and O–H groups in total. The summed E-state index contributed by atoms with van der Waals surface area (Å²) in [5.74, 6) is -0.327. The van der Waals surface area contributed by atoms with Gasteiger partial charge in [0.25, 0.3) is 5.91 Å². The number of nitrogens with one attached hydrogen (secondary N) is 1. The Morgan fingerprint density at radius 1 is 1.26 bits per heavy atom. The van der Waals surface area contributed by atoms with E-state index in [-0.39, 0.29) is 12.5 Å². The Bertz CT molecular complexity index is 560. The van der Waals surface area contributed by atoms with Gasteiger partial charge in [0.2, 0.25) is 0 Å². The number of nitrogens with zero attached hydrogens (tertiary/aromatic N) is 1. The van der Waals surface area contributed by atoms with Gasteiger partial charge in [-0.3, -0.25) is 9.78 Å². The standard InChI is InChI=1S/C14H13ClN2O2/c15-11-6-2-1-5-10(11)13(18)9-17-14(19)12-7-3-4-8-16-12/h1-8,13,18H,9H2,(H,17,19). The lowest BCUT2D eigenvalue weighted by atomic mass is 10.1. The summed E-state index contributed by atoms with van der Waals surface area (Å²) < 4.78 is 0. The molecule has 1 atom stereocenters. The quantitative estimate of drug-likeness (QED) is 0.900. The highest BCUT2D eigenvalue weighted by molar-refractivity contribution is 6.31. The van der Waals surface area contributed by atoms with Gasteiger partial charge in [-0.15, -0.1) is 0 Å². The van der Waals surface area contributed by atoms with E-state index >= 15 is 0 Å². The van der Waals surface area contributed by atoms with Crippen LogP contribution in [0.1, 0.15) is 22.2 Å². The first kappa shape index (κ1) is 13.5. The SMILES string of the molecule is O=C(NCC(O)c1ccccc1Cl)c1ccccn1. The topological polar surface area (TPSA) is 62.2 Å². The van der Waals surface area contributed by atoms with E-state index in [4.69, 9.17) is 11.6 Å². The zero-order valence-corrected chi connectivity index (χ0v) is 10.8. The van der Waals surface area contributed by atoms with Gasteiger partial charge in [0.1, 0.15) is 5.69 Å². The smallest absolute Gasteiger partial charge is 0.269 e. The maximum atomic E-state index is 11.7. The molecule has 0 aliphatic rings. The molecule has 2 aromatic rings. The number of aliphatic hydroxyl groups excluding tert-OH is 1. The van der Waals surface area contributed by atoms with Gasteiger partial charge in [-0.2, -0.15) is 0 Å². The third-order valence-corrected chi connectivity index (χ3v) is 2.96. The Balaban J connectivity index is 1.96. The highest BCUT2D eigenvalue weighted by Gasteiger charge is 2.13. The zero-order valence-electron chi connectivity index (χ0n) is 10.1. The molecule has 4 nitrogen and oxygen atoms in total. The Morgan fingerprint density at radius 2 is 2.00 bits per heavy atom. The molecule has 0 spiro atoms. The molecule has 0 aliphatic heterocycles. The fourth-order valence-corrected chi connectivity index (χ4v) is 1.89. The third kappa shape index (κ3) is 3.53. The minimum absolute atomic E-state index is 0.0825. The first-order chi connectivity index (χ1) is 9.18. The van der Waals surface area contributed by atoms with E-state index in [1.807, 2.05) is 0 Å². The Labute approximate surface area is 116 Å². The van der Waals surface area contributed by atoms with E-state index in [0.29, 0.717) is 16.3 Å². The Hall–Kier alpha value is -1.91. The number of hydrogen-bond donors (Lipinski definition) is 2. The van der Waals surface area contributed by atoms with E-state index < -0.39 is 6.10 Å². The average Bonchev–Trinajstić information content (AvgIpc) is 2.46. The molecule has 1 amide bonds. The van der Waals surface area contributed by atoms with Crippen LogP contribution in [-0.2, 0) is 0 Å². The molecule has 98 valence electrons. The van der Waals surface area contributed by atoms with Crippen LogP contribution in [0, 0.1) is 0 Å². The zero-order chi connectivity index (χ0) is 13.7. The summed E-state index contributed by atoms with van der Waals surface area (Å²) in [5, 5.41) is 13.1. The predicted molar refractivity (Wildman–Crippen MR) is 73.0 cm³/mol. The number of pyridine rings is 1. The largest absolute Gasteiger partial charge is 0.387 e. The van der Waals surface area contributed by atoms with Crippen LogP contribution in [0.25, 0.3) is 0 Å². The van der Waals surface area contributed by atoms with Gasteiger partial charge in [0.05, 0.1) is 6.10 Å². The van der Waals surface area contributed by atoms with Crippen molar-refractivity contribution < 1.29 is 9.90 Å². The number of amides is 1. The lowest BCUT2D eigenvalue weighted by molar-refractivity contribution is 0.0911. The second kappa shape index (κ2) is 6.31. The van der Waals surface area contributed by atoms with Gasteiger partial charge in [-0.05, 0) is 18.2 Å². The van der Waals surface area contributed by atoms with Crippen LogP contribution in [-0.4, -0.2) is 22.5 Å². The van der Waals surface area contributed by atoms with Crippen molar-refractivity contribution in [1.29, 1.82) is 0 Å². The number of rotatable bonds is 4. The second-order valence-corrected chi connectivity index (χ2v) is 4.37. The van der Waals surface area contributed by atoms with Crippen LogP contribution >= 0.6 is 11.6 Å². The first-order valence-corrected chi connectivity index (χ1v) is 6.18. The number of aliphatic hydroxyl groups is 1. The van der Waals surface area contributed by atoms with Crippen molar-refractivity contribution >= 4 is 17.5 Å². The van der Waals surface area contributed by atoms with Crippen molar-refractivity contribution in [2.45, 2.75) is 6.10 Å². The molecule has 1 aromatic carbocycles. The van der Waals surface area contributed by atoms with Gasteiger partial charge in [0, 0.05) is 23.3 Å². The number of hydrogen-bond acceptors (Lipinski definition) is 3. The molecule has 0 radical (unpaired) electrons. The second-order valence-electron chi connectivity index (χ2n) is 3.96. The van der Waals surface area contributed by atoms with Crippen LogP contribution in [0.5, 0.6) is 0 Å². The molecule has 2 rings (SSSR count). The predicted octanol–water partition coefficient (Wildman–Crippen LogP) is 2.20. The van der Waals surface area contributed by atoms with Crippen LogP contribution in [0.3, 0.4) is 0 Å². The number of halogens is 1. The van der Waals surface area contributed by atoms with Crippen molar-refractivity contribution in [2.75, 3.05) is 6.54 Å². The van der Waals surface area contributed by atoms with Gasteiger partial charge >= 0.3 is 0 Å². The molecule has 0 saturated heterocycles. The van der Waals surface area contributed by atoms with Crippen LogP contribution in [0.15, 0.2) is 48.7 Å². The number of benzene rings is 1. The molecule has 1 aromatic heterocycles. The lowest BCUT2D eigenvalue weighted by Crippen LogP contribution is -2.29. The molecule has 5 heteroatoms. The van der Waals surface area contributed by atoms with Gasteiger partial charge in [0.15, 0.2) is 0 Å². The molecule has 0 saturated carbocycles. The van der Waals surface area contributed by atoms with Crippen molar-refractivity contribution in [3.05, 3.63) is 64.9 Å². The summed E-state index contributed by atoms with van der Waals surface area (Å²) in [5.41, 5.74) is 0.902. The molecule has 0 aliphatic carbocycles. The minimum atomic E-state index is -0.846. The minimum Gasteiger partial charge on any atom is -0.387 e. The van der Waals surface area contributed by atoms with Crippen LogP contribution < -0.4 is 5.32 Å². The molecule has 19 heavy (non-hydrogen) atoms. The Morgan fingerprint density at radius 3 is 2.68 bits per heavy atom. The summed E-state index contributed by atoms with van der Waals surface area (Å²) in [6.07, 6.45) is 0.695. The normalized spacial score (nSPS) is 11.9. The maximum Gasteiger partial charge on any atom is 0.269 e. The summed E-state index contributed by atoms with van der Waals surface area (Å²) in [4.78, 5) is 15.7. The van der Waals surface area contributed by atoms with E-state index in [0.717, 1.165) is 0 Å². The fraction of sp³-hybridized carbons (Fsp3) is 0.143. The third-order valence-electron chi connectivity index (χ3n) is 2.62. The van der Waals surface area contributed by atoms with Crippen molar-refractivity contribution in [3.63, 3.8) is 0 Å². The summed E-state index contributed by atoms with van der Waals surface area (Å²) in [6, 6.07) is 12.1. The molecule has 1 unspecified atom stereocenters. The highest BCUT2D eigenvalue weighted by atomic mass is 35.5. The van der Waals surface area contributed by atoms with E-state index in [2.05, 4.69) is 10.3 Å². The maximum absolute atomic E-state index is 11.7. The van der Waals surface area contributed by atoms with E-state index in [1.54, 1.807) is 48.7 Å². The summed E-state index contributed by atoms with van der Waals surface area (Å²) in [6.45, 7) is 0.0825. The average molecular weight is 277 g/mol. The van der Waals surface area contributed by atoms with Crippen LogP contribution in [0.2, 0.25) is 5.02 Å². The van der Waals surface area contributed by atoms with Crippen molar-refractivity contribution in [1.82, 2.24) is 10.3 Å². The van der Waals surface area contributed by atoms with Crippen molar-refractivity contribution in [2.24, 2.45) is 0 Å². The van der Waals surface area contributed by atoms with Gasteiger partial charge in [-0.25, -0.2) is 0 Å². The number of aromatic nitrogens is 1. The van der Waals surface area contributed by atoms with E-state index in [1.165, 1.54) is 0 Å². The first-order valence-electron chi connectivity index (χ1n) is 5.80.